The molecule has 96 valence electrons. The van der Waals surface area contributed by atoms with Gasteiger partial charge in [-0.05, 0) is 37.8 Å². The maximum atomic E-state index is 12.4. The van der Waals surface area contributed by atoms with Crippen molar-refractivity contribution in [3.63, 3.8) is 0 Å². The van der Waals surface area contributed by atoms with Crippen molar-refractivity contribution in [2.75, 3.05) is 13.1 Å². The highest BCUT2D eigenvalue weighted by Crippen LogP contribution is 2.38. The number of aliphatic hydroxyl groups excluding tert-OH is 1. The summed E-state index contributed by atoms with van der Waals surface area (Å²) < 4.78 is 0. The number of hydrogen-bond donors (Lipinski definition) is 1. The van der Waals surface area contributed by atoms with E-state index in [1.807, 2.05) is 17.9 Å². The molecule has 3 rings (SSSR count). The maximum absolute atomic E-state index is 12.4. The molecule has 1 aromatic heterocycles. The molecular formula is C14H18N2O2. The Balaban J connectivity index is 1.75. The van der Waals surface area contributed by atoms with Crippen LogP contribution in [-0.4, -0.2) is 40.1 Å². The third kappa shape index (κ3) is 1.90. The van der Waals surface area contributed by atoms with Crippen LogP contribution in [0.4, 0.5) is 0 Å². The first-order chi connectivity index (χ1) is 8.65. The Bertz CT molecular complexity index is 475. The number of carbonyl (C=O) groups excluding carboxylic acids is 1. The van der Waals surface area contributed by atoms with Crippen LogP contribution in [0.2, 0.25) is 0 Å². The number of hydrogen-bond acceptors (Lipinski definition) is 3. The Kier molecular flexibility index (Phi) is 2.82. The second kappa shape index (κ2) is 4.35. The Morgan fingerprint density at radius 3 is 3.00 bits per heavy atom. The van der Waals surface area contributed by atoms with Crippen LogP contribution in [0.3, 0.4) is 0 Å². The Labute approximate surface area is 107 Å². The first kappa shape index (κ1) is 11.7. The Morgan fingerprint density at radius 2 is 2.28 bits per heavy atom. The molecule has 18 heavy (non-hydrogen) atoms. The standard InChI is InChI=1S/C14H18N2O2/c1-9-6-10(4-5-15-9)14(18)16-7-11-2-3-13(17)12(11)8-16/h4-6,11-13,17H,2-3,7-8H2,1H3. The van der Waals surface area contributed by atoms with E-state index in [4.69, 9.17) is 0 Å². The third-order valence-corrected chi connectivity index (χ3v) is 4.25. The fraction of sp³-hybridized carbons (Fsp3) is 0.571. The number of pyridine rings is 1. The number of fused-ring (bicyclic) bond motifs is 1. The molecule has 2 fully saturated rings. The lowest BCUT2D eigenvalue weighted by Crippen LogP contribution is -2.31. The van der Waals surface area contributed by atoms with Crippen molar-refractivity contribution in [2.24, 2.45) is 11.8 Å². The SMILES string of the molecule is Cc1cc(C(=O)N2CC3CCC(O)C3C2)ccn1. The van der Waals surface area contributed by atoms with Gasteiger partial charge in [0, 0.05) is 36.5 Å². The molecule has 2 aliphatic rings. The molecule has 0 radical (unpaired) electrons. The largest absolute Gasteiger partial charge is 0.393 e. The fourth-order valence-corrected chi connectivity index (χ4v) is 3.26. The number of likely N-dealkylation sites (tertiary alicyclic amines) is 1. The van der Waals surface area contributed by atoms with Gasteiger partial charge in [0.1, 0.15) is 0 Å². The van der Waals surface area contributed by atoms with Crippen LogP contribution in [-0.2, 0) is 0 Å². The van der Waals surface area contributed by atoms with Gasteiger partial charge in [0.2, 0.25) is 0 Å². The zero-order chi connectivity index (χ0) is 12.7. The lowest BCUT2D eigenvalue weighted by Gasteiger charge is -2.18. The summed E-state index contributed by atoms with van der Waals surface area (Å²) in [6.07, 6.45) is 3.40. The van der Waals surface area contributed by atoms with Gasteiger partial charge in [-0.1, -0.05) is 0 Å². The van der Waals surface area contributed by atoms with Crippen molar-refractivity contribution in [1.82, 2.24) is 9.88 Å². The van der Waals surface area contributed by atoms with Crippen LogP contribution in [0.25, 0.3) is 0 Å². The molecule has 3 atom stereocenters. The highest BCUT2D eigenvalue weighted by Gasteiger charge is 2.43. The van der Waals surface area contributed by atoms with Crippen LogP contribution in [0.1, 0.15) is 28.9 Å². The van der Waals surface area contributed by atoms with Gasteiger partial charge in [0.25, 0.3) is 5.91 Å². The molecule has 0 bridgehead atoms. The predicted molar refractivity (Wildman–Crippen MR) is 67.1 cm³/mol. The van der Waals surface area contributed by atoms with Gasteiger partial charge in [0.15, 0.2) is 0 Å². The summed E-state index contributed by atoms with van der Waals surface area (Å²) in [4.78, 5) is 18.3. The van der Waals surface area contributed by atoms with E-state index >= 15 is 0 Å². The highest BCUT2D eigenvalue weighted by molar-refractivity contribution is 5.94. The van der Waals surface area contributed by atoms with Crippen molar-refractivity contribution < 1.29 is 9.90 Å². The topological polar surface area (TPSA) is 53.4 Å². The van der Waals surface area contributed by atoms with Crippen molar-refractivity contribution in [1.29, 1.82) is 0 Å². The molecule has 4 nitrogen and oxygen atoms in total. The molecule has 0 aromatic carbocycles. The summed E-state index contributed by atoms with van der Waals surface area (Å²) in [5, 5.41) is 9.87. The summed E-state index contributed by atoms with van der Waals surface area (Å²) >= 11 is 0. The van der Waals surface area contributed by atoms with E-state index in [9.17, 15) is 9.90 Å². The smallest absolute Gasteiger partial charge is 0.253 e. The Hall–Kier alpha value is -1.42. The van der Waals surface area contributed by atoms with Gasteiger partial charge >= 0.3 is 0 Å². The van der Waals surface area contributed by atoms with Crippen molar-refractivity contribution in [3.8, 4) is 0 Å². The average Bonchev–Trinajstić information content (AvgIpc) is 2.91. The van der Waals surface area contributed by atoms with Crippen LogP contribution in [0, 0.1) is 18.8 Å². The van der Waals surface area contributed by atoms with Gasteiger partial charge in [-0.25, -0.2) is 0 Å². The van der Waals surface area contributed by atoms with E-state index in [1.54, 1.807) is 12.3 Å². The summed E-state index contributed by atoms with van der Waals surface area (Å²) in [6, 6.07) is 3.59. The van der Waals surface area contributed by atoms with Gasteiger partial charge in [-0.2, -0.15) is 0 Å². The molecule has 1 aliphatic heterocycles. The monoisotopic (exact) mass is 246 g/mol. The zero-order valence-corrected chi connectivity index (χ0v) is 10.5. The van der Waals surface area contributed by atoms with Gasteiger partial charge in [-0.15, -0.1) is 0 Å². The minimum absolute atomic E-state index is 0.0714. The highest BCUT2D eigenvalue weighted by atomic mass is 16.3. The lowest BCUT2D eigenvalue weighted by atomic mass is 10.00. The number of aliphatic hydroxyl groups is 1. The molecule has 1 N–H and O–H groups in total. The van der Waals surface area contributed by atoms with Crippen molar-refractivity contribution in [2.45, 2.75) is 25.9 Å². The van der Waals surface area contributed by atoms with Gasteiger partial charge in [-0.3, -0.25) is 9.78 Å². The Morgan fingerprint density at radius 1 is 1.44 bits per heavy atom. The normalized spacial score (nSPS) is 30.6. The van der Waals surface area contributed by atoms with E-state index in [0.717, 1.165) is 25.1 Å². The molecule has 1 amide bonds. The number of nitrogens with zero attached hydrogens (tertiary/aromatic N) is 2. The van der Waals surface area contributed by atoms with E-state index in [-0.39, 0.29) is 17.9 Å². The van der Waals surface area contributed by atoms with Crippen LogP contribution >= 0.6 is 0 Å². The first-order valence-electron chi connectivity index (χ1n) is 6.55. The van der Waals surface area contributed by atoms with E-state index < -0.39 is 0 Å². The van der Waals surface area contributed by atoms with Crippen LogP contribution < -0.4 is 0 Å². The number of amides is 1. The second-order valence-corrected chi connectivity index (χ2v) is 5.46. The van der Waals surface area contributed by atoms with E-state index in [1.165, 1.54) is 0 Å². The molecule has 3 unspecified atom stereocenters. The van der Waals surface area contributed by atoms with Gasteiger partial charge < -0.3 is 10.0 Å². The summed E-state index contributed by atoms with van der Waals surface area (Å²) in [5.74, 6) is 0.853. The molecule has 1 aromatic rings. The first-order valence-corrected chi connectivity index (χ1v) is 6.55. The third-order valence-electron chi connectivity index (χ3n) is 4.25. The number of rotatable bonds is 1. The second-order valence-electron chi connectivity index (χ2n) is 5.46. The molecule has 2 heterocycles. The number of aromatic nitrogens is 1. The minimum Gasteiger partial charge on any atom is -0.393 e. The minimum atomic E-state index is -0.216. The molecular weight excluding hydrogens is 228 g/mol. The van der Waals surface area contributed by atoms with Crippen molar-refractivity contribution in [3.05, 3.63) is 29.6 Å². The van der Waals surface area contributed by atoms with Crippen LogP contribution in [0.15, 0.2) is 18.3 Å². The maximum Gasteiger partial charge on any atom is 0.253 e. The molecule has 1 saturated carbocycles. The lowest BCUT2D eigenvalue weighted by molar-refractivity contribution is 0.0752. The molecule has 0 spiro atoms. The van der Waals surface area contributed by atoms with Crippen molar-refractivity contribution >= 4 is 5.91 Å². The van der Waals surface area contributed by atoms with Gasteiger partial charge in [0.05, 0.1) is 6.10 Å². The van der Waals surface area contributed by atoms with E-state index in [0.29, 0.717) is 18.0 Å². The number of carbonyl (C=O) groups is 1. The van der Waals surface area contributed by atoms with E-state index in [2.05, 4.69) is 4.98 Å². The summed E-state index contributed by atoms with van der Waals surface area (Å²) in [6.45, 7) is 3.38. The van der Waals surface area contributed by atoms with Crippen LogP contribution in [0.5, 0.6) is 0 Å². The quantitative estimate of drug-likeness (QED) is 0.811. The average molecular weight is 246 g/mol. The predicted octanol–water partition coefficient (Wildman–Crippen LogP) is 1.23. The molecule has 1 saturated heterocycles. The number of aryl methyl sites for hydroxylation is 1. The molecule has 1 aliphatic carbocycles. The molecule has 4 heteroatoms. The zero-order valence-electron chi connectivity index (χ0n) is 10.5. The summed E-state index contributed by atoms with van der Waals surface area (Å²) in [7, 11) is 0. The fourth-order valence-electron chi connectivity index (χ4n) is 3.26. The summed E-state index contributed by atoms with van der Waals surface area (Å²) in [5.41, 5.74) is 1.57.